The highest BCUT2D eigenvalue weighted by Crippen LogP contribution is 2.38. The van der Waals surface area contributed by atoms with E-state index in [1.165, 1.54) is 17.4 Å². The molecule has 0 amide bonds. The lowest BCUT2D eigenvalue weighted by Gasteiger charge is -1.98. The van der Waals surface area contributed by atoms with Crippen molar-refractivity contribution >= 4 is 42.5 Å². The molecule has 0 spiro atoms. The summed E-state index contributed by atoms with van der Waals surface area (Å²) in [4.78, 5) is 12.2. The topological polar surface area (TPSA) is 70.7 Å². The quantitative estimate of drug-likeness (QED) is 0.484. The number of phenols is 2. The third-order valence-electron chi connectivity index (χ3n) is 3.29. The van der Waals surface area contributed by atoms with Crippen LogP contribution in [0.1, 0.15) is 0 Å². The monoisotopic (exact) mass is 284 g/mol. The number of rotatable bonds is 0. The molecular weight excluding hydrogens is 276 g/mol. The number of hydrogen-bond donors (Lipinski definition) is 2. The lowest BCUT2D eigenvalue weighted by atomic mass is 10.1. The van der Waals surface area contributed by atoms with E-state index in [0.29, 0.717) is 11.0 Å². The van der Waals surface area contributed by atoms with E-state index in [2.05, 4.69) is 0 Å². The SMILES string of the molecule is O=c1oc2cc(O)ccc2c2sc3cc(O)ccc3c12. The Balaban J connectivity index is 2.32. The highest BCUT2D eigenvalue weighted by molar-refractivity contribution is 7.26. The first-order chi connectivity index (χ1) is 9.63. The van der Waals surface area contributed by atoms with Crippen LogP contribution in [0.5, 0.6) is 11.5 Å². The largest absolute Gasteiger partial charge is 0.508 e. The minimum atomic E-state index is -0.435. The second-order valence-corrected chi connectivity index (χ2v) is 5.61. The lowest BCUT2D eigenvalue weighted by molar-refractivity contribution is 0.473. The fourth-order valence-corrected chi connectivity index (χ4v) is 3.67. The van der Waals surface area contributed by atoms with E-state index in [-0.39, 0.29) is 11.5 Å². The maximum atomic E-state index is 12.2. The van der Waals surface area contributed by atoms with Crippen LogP contribution in [-0.4, -0.2) is 10.2 Å². The summed E-state index contributed by atoms with van der Waals surface area (Å²) in [6.07, 6.45) is 0. The van der Waals surface area contributed by atoms with Gasteiger partial charge in [0.1, 0.15) is 17.1 Å². The summed E-state index contributed by atoms with van der Waals surface area (Å²) in [6, 6.07) is 9.61. The Labute approximate surface area is 116 Å². The number of fused-ring (bicyclic) bond motifs is 5. The van der Waals surface area contributed by atoms with Crippen molar-refractivity contribution in [3.05, 3.63) is 46.8 Å². The van der Waals surface area contributed by atoms with Crippen molar-refractivity contribution in [2.24, 2.45) is 0 Å². The number of hydrogen-bond acceptors (Lipinski definition) is 5. The molecule has 4 rings (SSSR count). The van der Waals surface area contributed by atoms with Gasteiger partial charge in [0.05, 0.1) is 10.1 Å². The van der Waals surface area contributed by atoms with E-state index in [4.69, 9.17) is 4.42 Å². The summed E-state index contributed by atoms with van der Waals surface area (Å²) in [5.41, 5.74) is -0.0756. The molecule has 0 atom stereocenters. The molecule has 0 aliphatic rings. The molecule has 4 aromatic rings. The maximum Gasteiger partial charge on any atom is 0.345 e. The first-order valence-corrected chi connectivity index (χ1v) is 6.76. The molecule has 4 nitrogen and oxygen atoms in total. The Morgan fingerprint density at radius 3 is 2.45 bits per heavy atom. The van der Waals surface area contributed by atoms with Gasteiger partial charge in [0.25, 0.3) is 0 Å². The first-order valence-electron chi connectivity index (χ1n) is 5.94. The molecule has 2 heterocycles. The number of aromatic hydroxyl groups is 2. The van der Waals surface area contributed by atoms with Crippen LogP contribution in [0.15, 0.2) is 45.6 Å². The second kappa shape index (κ2) is 3.74. The molecule has 0 unspecified atom stereocenters. The smallest absolute Gasteiger partial charge is 0.345 e. The Morgan fingerprint density at radius 1 is 0.950 bits per heavy atom. The van der Waals surface area contributed by atoms with Crippen molar-refractivity contribution in [3.8, 4) is 11.5 Å². The molecule has 0 saturated carbocycles. The van der Waals surface area contributed by atoms with Crippen molar-refractivity contribution in [3.63, 3.8) is 0 Å². The van der Waals surface area contributed by atoms with Crippen LogP contribution >= 0.6 is 11.3 Å². The molecule has 0 aliphatic heterocycles. The summed E-state index contributed by atoms with van der Waals surface area (Å²) in [5.74, 6) is 0.217. The second-order valence-electron chi connectivity index (χ2n) is 4.56. The van der Waals surface area contributed by atoms with Crippen molar-refractivity contribution in [2.45, 2.75) is 0 Å². The van der Waals surface area contributed by atoms with Gasteiger partial charge < -0.3 is 14.6 Å². The molecule has 0 fully saturated rings. The molecule has 0 aliphatic carbocycles. The van der Waals surface area contributed by atoms with Crippen LogP contribution in [0.2, 0.25) is 0 Å². The normalized spacial score (nSPS) is 11.6. The van der Waals surface area contributed by atoms with Crippen LogP contribution in [-0.2, 0) is 0 Å². The van der Waals surface area contributed by atoms with Gasteiger partial charge in [-0.2, -0.15) is 0 Å². The van der Waals surface area contributed by atoms with E-state index >= 15 is 0 Å². The van der Waals surface area contributed by atoms with Crippen LogP contribution in [0.4, 0.5) is 0 Å². The highest BCUT2D eigenvalue weighted by atomic mass is 32.1. The Hall–Kier alpha value is -2.53. The van der Waals surface area contributed by atoms with Crippen molar-refractivity contribution in [2.75, 3.05) is 0 Å². The molecule has 2 aromatic carbocycles. The standard InChI is InChI=1S/C15H8O4S/c16-7-1-3-9-11(5-7)19-15(18)13-10-4-2-8(17)6-12(10)20-14(9)13/h1-6,16-17H. The molecule has 5 heteroatoms. The van der Waals surface area contributed by atoms with Gasteiger partial charge in [0.15, 0.2) is 0 Å². The molecule has 0 saturated heterocycles. The van der Waals surface area contributed by atoms with E-state index in [9.17, 15) is 15.0 Å². The Kier molecular flexibility index (Phi) is 2.11. The summed E-state index contributed by atoms with van der Waals surface area (Å²) in [7, 11) is 0. The first kappa shape index (κ1) is 11.3. The van der Waals surface area contributed by atoms with Gasteiger partial charge in [-0.3, -0.25) is 0 Å². The minimum absolute atomic E-state index is 0.0544. The van der Waals surface area contributed by atoms with Gasteiger partial charge >= 0.3 is 5.63 Å². The fourth-order valence-electron chi connectivity index (χ4n) is 2.41. The van der Waals surface area contributed by atoms with Gasteiger partial charge in [0.2, 0.25) is 0 Å². The van der Waals surface area contributed by atoms with Gasteiger partial charge in [-0.15, -0.1) is 11.3 Å². The molecule has 2 N–H and O–H groups in total. The van der Waals surface area contributed by atoms with Crippen LogP contribution in [0.3, 0.4) is 0 Å². The lowest BCUT2D eigenvalue weighted by Crippen LogP contribution is -1.97. The van der Waals surface area contributed by atoms with Gasteiger partial charge in [-0.1, -0.05) is 0 Å². The summed E-state index contributed by atoms with van der Waals surface area (Å²) in [6.45, 7) is 0. The highest BCUT2D eigenvalue weighted by Gasteiger charge is 2.14. The predicted octanol–water partition coefficient (Wildman–Crippen LogP) is 3.57. The van der Waals surface area contributed by atoms with E-state index < -0.39 is 5.63 Å². The summed E-state index contributed by atoms with van der Waals surface area (Å²) >= 11 is 1.42. The fraction of sp³-hybridized carbons (Fsp3) is 0. The Bertz CT molecular complexity index is 1040. The van der Waals surface area contributed by atoms with Gasteiger partial charge in [-0.25, -0.2) is 4.79 Å². The molecule has 0 bridgehead atoms. The summed E-state index contributed by atoms with van der Waals surface area (Å²) in [5, 5.41) is 21.1. The molecule has 20 heavy (non-hydrogen) atoms. The van der Waals surface area contributed by atoms with Crippen LogP contribution < -0.4 is 5.63 Å². The average molecular weight is 284 g/mol. The molecule has 0 radical (unpaired) electrons. The maximum absolute atomic E-state index is 12.2. The minimum Gasteiger partial charge on any atom is -0.508 e. The summed E-state index contributed by atoms with van der Waals surface area (Å²) < 4.78 is 6.91. The van der Waals surface area contributed by atoms with Crippen molar-refractivity contribution < 1.29 is 14.6 Å². The zero-order valence-electron chi connectivity index (χ0n) is 10.1. The molecule has 98 valence electrons. The van der Waals surface area contributed by atoms with Crippen molar-refractivity contribution in [1.29, 1.82) is 0 Å². The zero-order valence-corrected chi connectivity index (χ0v) is 10.9. The zero-order chi connectivity index (χ0) is 13.9. The molecule has 2 aromatic heterocycles. The Morgan fingerprint density at radius 2 is 1.65 bits per heavy atom. The van der Waals surface area contributed by atoms with E-state index in [1.807, 2.05) is 0 Å². The number of phenolic OH excluding ortho intramolecular Hbond substituents is 2. The van der Waals surface area contributed by atoms with Crippen LogP contribution in [0.25, 0.3) is 31.1 Å². The van der Waals surface area contributed by atoms with Gasteiger partial charge in [-0.05, 0) is 30.3 Å². The van der Waals surface area contributed by atoms with Crippen molar-refractivity contribution in [1.82, 2.24) is 0 Å². The third kappa shape index (κ3) is 1.44. The van der Waals surface area contributed by atoms with Gasteiger partial charge in [0, 0.05) is 21.5 Å². The number of benzene rings is 2. The van der Waals surface area contributed by atoms with E-state index in [1.54, 1.807) is 30.3 Å². The number of thiophene rings is 1. The predicted molar refractivity (Wildman–Crippen MR) is 78.7 cm³/mol. The third-order valence-corrected chi connectivity index (χ3v) is 4.48. The van der Waals surface area contributed by atoms with Crippen LogP contribution in [0, 0.1) is 0 Å². The van der Waals surface area contributed by atoms with E-state index in [0.717, 1.165) is 20.2 Å². The molecular formula is C15H8O4S. The average Bonchev–Trinajstić information content (AvgIpc) is 2.77.